The number of allylic oxidation sites excluding steroid dienone is 1. The molecular weight excluding hydrogens is 164 g/mol. The Labute approximate surface area is 79.9 Å². The zero-order valence-electron chi connectivity index (χ0n) is 8.79. The average molecular weight is 182 g/mol. The van der Waals surface area contributed by atoms with Crippen molar-refractivity contribution in [1.29, 1.82) is 0 Å². The fourth-order valence-electron chi connectivity index (χ4n) is 0.926. The molecule has 1 N–H and O–H groups in total. The molecule has 13 heavy (non-hydrogen) atoms. The third kappa shape index (κ3) is 6.08. The van der Waals surface area contributed by atoms with Crippen LogP contribution in [0.25, 0.3) is 0 Å². The van der Waals surface area contributed by atoms with Crippen LogP contribution in [0.1, 0.15) is 34.1 Å². The van der Waals surface area contributed by atoms with E-state index in [9.17, 15) is 4.79 Å². The van der Waals surface area contributed by atoms with Gasteiger partial charge in [0, 0.05) is 18.0 Å². The first-order valence-corrected chi connectivity index (χ1v) is 4.53. The molecule has 74 valence electrons. The van der Waals surface area contributed by atoms with E-state index in [2.05, 4.69) is 10.3 Å². The van der Waals surface area contributed by atoms with Crippen LogP contribution in [-0.4, -0.2) is 18.2 Å². The van der Waals surface area contributed by atoms with E-state index in [1.54, 1.807) is 6.21 Å². The molecule has 0 unspecified atom stereocenters. The quantitative estimate of drug-likeness (QED) is 0.663. The number of rotatable bonds is 4. The zero-order chi connectivity index (χ0) is 10.3. The third-order valence-electron chi connectivity index (χ3n) is 1.42. The first kappa shape index (κ1) is 11.9. The molecule has 1 amide bonds. The van der Waals surface area contributed by atoms with E-state index in [0.29, 0.717) is 6.42 Å². The molecule has 0 bridgehead atoms. The molecule has 0 rings (SSSR count). The summed E-state index contributed by atoms with van der Waals surface area (Å²) in [5.74, 6) is 0.0219. The van der Waals surface area contributed by atoms with E-state index in [0.717, 1.165) is 5.70 Å². The predicted molar refractivity (Wildman–Crippen MR) is 55.8 cm³/mol. The third-order valence-corrected chi connectivity index (χ3v) is 1.42. The van der Waals surface area contributed by atoms with Crippen LogP contribution in [0, 0.1) is 0 Å². The Morgan fingerprint density at radius 3 is 2.46 bits per heavy atom. The van der Waals surface area contributed by atoms with E-state index in [1.165, 1.54) is 0 Å². The lowest BCUT2D eigenvalue weighted by Crippen LogP contribution is -2.30. The Balaban J connectivity index is 4.03. The van der Waals surface area contributed by atoms with Crippen LogP contribution in [0.4, 0.5) is 0 Å². The van der Waals surface area contributed by atoms with Gasteiger partial charge in [-0.2, -0.15) is 0 Å². The van der Waals surface area contributed by atoms with Gasteiger partial charge in [0.05, 0.1) is 6.42 Å². The molecule has 0 heterocycles. The zero-order valence-corrected chi connectivity index (χ0v) is 8.79. The highest BCUT2D eigenvalue weighted by Gasteiger charge is 2.04. The van der Waals surface area contributed by atoms with Gasteiger partial charge in [0.2, 0.25) is 5.91 Å². The van der Waals surface area contributed by atoms with Gasteiger partial charge in [0.25, 0.3) is 0 Å². The number of nitrogens with zero attached hydrogens (tertiary/aromatic N) is 1. The molecule has 0 radical (unpaired) electrons. The predicted octanol–water partition coefficient (Wildman–Crippen LogP) is 1.90. The van der Waals surface area contributed by atoms with Crippen LogP contribution >= 0.6 is 0 Å². The Morgan fingerprint density at radius 1 is 1.46 bits per heavy atom. The van der Waals surface area contributed by atoms with Gasteiger partial charge in [0.15, 0.2) is 0 Å². The number of aliphatic imine (C=N–C) groups is 1. The fraction of sp³-hybridized carbons (Fsp3) is 0.600. The fourth-order valence-corrected chi connectivity index (χ4v) is 0.926. The number of carbonyl (C=O) groups is 1. The number of carbonyl (C=O) groups excluding carboxylic acids is 1. The number of amides is 1. The first-order valence-electron chi connectivity index (χ1n) is 4.53. The van der Waals surface area contributed by atoms with E-state index >= 15 is 0 Å². The van der Waals surface area contributed by atoms with Crippen LogP contribution in [0.15, 0.2) is 16.8 Å². The van der Waals surface area contributed by atoms with Gasteiger partial charge < -0.3 is 5.32 Å². The van der Waals surface area contributed by atoms with Crippen molar-refractivity contribution in [3.63, 3.8) is 0 Å². The minimum atomic E-state index is 0.0219. The second-order valence-corrected chi connectivity index (χ2v) is 3.07. The second kappa shape index (κ2) is 6.40. The molecule has 0 aliphatic heterocycles. The summed E-state index contributed by atoms with van der Waals surface area (Å²) in [5.41, 5.74) is 0.806. The van der Waals surface area contributed by atoms with Crippen LogP contribution in [0.2, 0.25) is 0 Å². The average Bonchev–Trinajstić information content (AvgIpc) is 2.02. The molecule has 0 aromatic rings. The van der Waals surface area contributed by atoms with E-state index in [-0.39, 0.29) is 11.9 Å². The normalized spacial score (nSPS) is 12.5. The maximum atomic E-state index is 11.3. The molecule has 0 atom stereocenters. The maximum Gasteiger partial charge on any atom is 0.226 e. The van der Waals surface area contributed by atoms with Crippen molar-refractivity contribution in [2.75, 3.05) is 0 Å². The monoisotopic (exact) mass is 182 g/mol. The highest BCUT2D eigenvalue weighted by atomic mass is 16.1. The molecule has 0 aromatic carbocycles. The lowest BCUT2D eigenvalue weighted by Gasteiger charge is -2.07. The van der Waals surface area contributed by atoms with Gasteiger partial charge in [0.1, 0.15) is 0 Å². The molecular formula is C10H18N2O. The standard InChI is InChI=1S/C10H18N2O/c1-5-9(11-6-2)7-10(13)12-8(3)4/h5-6,8H,7H2,1-4H3,(H,12,13)/b9-5-,11-6-. The number of nitrogens with one attached hydrogen (secondary N) is 1. The summed E-state index contributed by atoms with van der Waals surface area (Å²) < 4.78 is 0. The molecule has 0 saturated carbocycles. The topological polar surface area (TPSA) is 41.5 Å². The maximum absolute atomic E-state index is 11.3. The molecule has 0 spiro atoms. The van der Waals surface area contributed by atoms with Gasteiger partial charge in [-0.15, -0.1) is 0 Å². The summed E-state index contributed by atoms with van der Waals surface area (Å²) in [4.78, 5) is 15.3. The SMILES string of the molecule is C/C=N\C(=C/C)CC(=O)NC(C)C. The Kier molecular flexibility index (Phi) is 5.85. The molecule has 0 aliphatic rings. The summed E-state index contributed by atoms with van der Waals surface area (Å²) in [6.07, 6.45) is 3.90. The Hall–Kier alpha value is -1.12. The summed E-state index contributed by atoms with van der Waals surface area (Å²) in [7, 11) is 0. The van der Waals surface area contributed by atoms with Gasteiger partial charge in [-0.3, -0.25) is 9.79 Å². The lowest BCUT2D eigenvalue weighted by molar-refractivity contribution is -0.120. The molecule has 3 heteroatoms. The van der Waals surface area contributed by atoms with Crippen molar-refractivity contribution in [3.05, 3.63) is 11.8 Å². The summed E-state index contributed by atoms with van der Waals surface area (Å²) in [6.45, 7) is 7.60. The van der Waals surface area contributed by atoms with Crippen molar-refractivity contribution >= 4 is 12.1 Å². The van der Waals surface area contributed by atoms with Gasteiger partial charge >= 0.3 is 0 Å². The Morgan fingerprint density at radius 2 is 2.08 bits per heavy atom. The van der Waals surface area contributed by atoms with Crippen LogP contribution in [0.3, 0.4) is 0 Å². The van der Waals surface area contributed by atoms with Crippen LogP contribution < -0.4 is 5.32 Å². The van der Waals surface area contributed by atoms with Crippen molar-refractivity contribution in [2.24, 2.45) is 4.99 Å². The summed E-state index contributed by atoms with van der Waals surface area (Å²) in [6, 6.07) is 0.191. The van der Waals surface area contributed by atoms with Crippen LogP contribution in [-0.2, 0) is 4.79 Å². The minimum Gasteiger partial charge on any atom is -0.354 e. The number of hydrogen-bond acceptors (Lipinski definition) is 2. The largest absolute Gasteiger partial charge is 0.354 e. The van der Waals surface area contributed by atoms with Gasteiger partial charge in [-0.25, -0.2) is 0 Å². The highest BCUT2D eigenvalue weighted by molar-refractivity contribution is 5.79. The second-order valence-electron chi connectivity index (χ2n) is 3.07. The minimum absolute atomic E-state index is 0.0219. The lowest BCUT2D eigenvalue weighted by atomic mass is 10.2. The van der Waals surface area contributed by atoms with Gasteiger partial charge in [-0.05, 0) is 27.7 Å². The Bertz CT molecular complexity index is 217. The van der Waals surface area contributed by atoms with E-state index in [4.69, 9.17) is 0 Å². The summed E-state index contributed by atoms with van der Waals surface area (Å²) in [5, 5.41) is 2.81. The number of hydrogen-bond donors (Lipinski definition) is 1. The van der Waals surface area contributed by atoms with Crippen LogP contribution in [0.5, 0.6) is 0 Å². The van der Waals surface area contributed by atoms with Crippen molar-refractivity contribution < 1.29 is 4.79 Å². The van der Waals surface area contributed by atoms with Crippen molar-refractivity contribution in [1.82, 2.24) is 5.32 Å². The smallest absolute Gasteiger partial charge is 0.226 e. The van der Waals surface area contributed by atoms with Crippen molar-refractivity contribution in [2.45, 2.75) is 40.2 Å². The molecule has 0 saturated heterocycles. The molecule has 0 aromatic heterocycles. The highest BCUT2D eigenvalue weighted by Crippen LogP contribution is 2.02. The molecule has 3 nitrogen and oxygen atoms in total. The van der Waals surface area contributed by atoms with E-state index < -0.39 is 0 Å². The molecule has 0 fully saturated rings. The van der Waals surface area contributed by atoms with E-state index in [1.807, 2.05) is 33.8 Å². The molecule has 0 aliphatic carbocycles. The first-order chi connectivity index (χ1) is 6.10. The summed E-state index contributed by atoms with van der Waals surface area (Å²) >= 11 is 0. The van der Waals surface area contributed by atoms with Gasteiger partial charge in [-0.1, -0.05) is 6.08 Å². The van der Waals surface area contributed by atoms with Crippen molar-refractivity contribution in [3.8, 4) is 0 Å².